The molecular weight excluding hydrogens is 579 g/mol. The summed E-state index contributed by atoms with van der Waals surface area (Å²) in [6.07, 6.45) is 61.8. The van der Waals surface area contributed by atoms with Crippen molar-refractivity contribution in [3.8, 4) is 0 Å². The first kappa shape index (κ1) is 45.2. The van der Waals surface area contributed by atoms with Crippen molar-refractivity contribution in [2.24, 2.45) is 0 Å². The van der Waals surface area contributed by atoms with Crippen LogP contribution in [0.3, 0.4) is 0 Å². The molecular formula is C47H89N. The van der Waals surface area contributed by atoms with Crippen LogP contribution < -0.4 is 0 Å². The van der Waals surface area contributed by atoms with Crippen LogP contribution in [0.1, 0.15) is 269 Å². The molecule has 0 unspecified atom stereocenters. The maximum Gasteiger partial charge on any atom is 0.0302 e. The fraction of sp³-hybridized carbons (Fsp3) is 0.894. The molecule has 0 aliphatic rings. The predicted octanol–water partition coefficient (Wildman–Crippen LogP) is 17.0. The first-order valence-corrected chi connectivity index (χ1v) is 22.8. The monoisotopic (exact) mass is 668 g/mol. The van der Waals surface area contributed by atoms with E-state index in [-0.39, 0.29) is 0 Å². The van der Waals surface area contributed by atoms with Gasteiger partial charge in [-0.2, -0.15) is 0 Å². The van der Waals surface area contributed by atoms with E-state index in [4.69, 9.17) is 0 Å². The molecule has 1 aromatic heterocycles. The van der Waals surface area contributed by atoms with E-state index >= 15 is 0 Å². The third-order valence-electron chi connectivity index (χ3n) is 11.1. The average molecular weight is 668 g/mol. The van der Waals surface area contributed by atoms with Gasteiger partial charge in [0.25, 0.3) is 0 Å². The summed E-state index contributed by atoms with van der Waals surface area (Å²) in [5, 5.41) is 0. The van der Waals surface area contributed by atoms with Crippen LogP contribution in [0.5, 0.6) is 0 Å². The van der Waals surface area contributed by atoms with Crippen molar-refractivity contribution in [1.29, 1.82) is 0 Å². The highest BCUT2D eigenvalue weighted by Gasteiger charge is 2.04. The minimum atomic E-state index is 1.24. The van der Waals surface area contributed by atoms with Crippen molar-refractivity contribution in [2.75, 3.05) is 0 Å². The summed E-state index contributed by atoms with van der Waals surface area (Å²) in [5.41, 5.74) is 3.12. The summed E-state index contributed by atoms with van der Waals surface area (Å²) in [6.45, 7) is 4.62. The second-order valence-corrected chi connectivity index (χ2v) is 15.9. The molecule has 0 spiro atoms. The van der Waals surface area contributed by atoms with E-state index < -0.39 is 0 Å². The van der Waals surface area contributed by atoms with E-state index in [2.05, 4.69) is 31.1 Å². The molecule has 48 heavy (non-hydrogen) atoms. The molecule has 1 heteroatoms. The quantitative estimate of drug-likeness (QED) is 0.0635. The Labute approximate surface area is 304 Å². The molecule has 0 amide bonds. The zero-order valence-corrected chi connectivity index (χ0v) is 33.5. The van der Waals surface area contributed by atoms with Crippen LogP contribution >= 0.6 is 0 Å². The lowest BCUT2D eigenvalue weighted by Crippen LogP contribution is -1.96. The smallest absolute Gasteiger partial charge is 0.0302 e. The topological polar surface area (TPSA) is 12.9 Å². The summed E-state index contributed by atoms with van der Waals surface area (Å²) in [4.78, 5) is 4.48. The van der Waals surface area contributed by atoms with Gasteiger partial charge in [0.2, 0.25) is 0 Å². The van der Waals surface area contributed by atoms with Gasteiger partial charge in [0.15, 0.2) is 0 Å². The molecule has 0 fully saturated rings. The standard InChI is InChI=1S/C47H89N/c1-3-5-7-9-11-13-15-17-19-21-23-25-27-29-31-33-35-37-39-41-46-43-44-48-45-47(46)42-40-38-36-34-32-30-28-26-24-22-20-18-16-14-12-10-8-6-4-2/h43-45H,3-42H2,1-2H3. The third kappa shape index (κ3) is 32.4. The van der Waals surface area contributed by atoms with Gasteiger partial charge >= 0.3 is 0 Å². The van der Waals surface area contributed by atoms with Crippen molar-refractivity contribution >= 4 is 0 Å². The van der Waals surface area contributed by atoms with Crippen molar-refractivity contribution in [3.63, 3.8) is 0 Å². The largest absolute Gasteiger partial charge is 0.264 e. The van der Waals surface area contributed by atoms with Gasteiger partial charge in [-0.15, -0.1) is 0 Å². The van der Waals surface area contributed by atoms with Crippen molar-refractivity contribution in [2.45, 2.75) is 271 Å². The Morgan fingerprint density at radius 2 is 0.521 bits per heavy atom. The van der Waals surface area contributed by atoms with Gasteiger partial charge < -0.3 is 0 Å². The average Bonchev–Trinajstić information content (AvgIpc) is 3.10. The summed E-state index contributed by atoms with van der Waals surface area (Å²) >= 11 is 0. The van der Waals surface area contributed by atoms with Crippen LogP contribution in [0.15, 0.2) is 18.5 Å². The highest BCUT2D eigenvalue weighted by Crippen LogP contribution is 2.19. The summed E-state index contributed by atoms with van der Waals surface area (Å²) in [5.74, 6) is 0. The van der Waals surface area contributed by atoms with E-state index in [0.29, 0.717) is 0 Å². The Bertz CT molecular complexity index is 665. The van der Waals surface area contributed by atoms with Gasteiger partial charge in [-0.25, -0.2) is 0 Å². The van der Waals surface area contributed by atoms with Crippen LogP contribution in [0.25, 0.3) is 0 Å². The number of aryl methyl sites for hydroxylation is 2. The molecule has 0 saturated heterocycles. The van der Waals surface area contributed by atoms with Gasteiger partial charge in [-0.05, 0) is 42.9 Å². The lowest BCUT2D eigenvalue weighted by atomic mass is 9.98. The normalized spacial score (nSPS) is 11.5. The number of hydrogen-bond donors (Lipinski definition) is 0. The second-order valence-electron chi connectivity index (χ2n) is 15.9. The van der Waals surface area contributed by atoms with E-state index in [1.807, 2.05) is 6.20 Å². The zero-order valence-electron chi connectivity index (χ0n) is 33.5. The SMILES string of the molecule is CCCCCCCCCCCCCCCCCCCCCc1ccncc1CCCCCCCCCCCCCCCCCCCCC. The van der Waals surface area contributed by atoms with Crippen LogP contribution in [0.4, 0.5) is 0 Å². The molecule has 1 heterocycles. The van der Waals surface area contributed by atoms with E-state index in [0.717, 1.165) is 0 Å². The van der Waals surface area contributed by atoms with E-state index in [1.54, 1.807) is 5.56 Å². The molecule has 0 aliphatic heterocycles. The van der Waals surface area contributed by atoms with E-state index in [9.17, 15) is 0 Å². The Morgan fingerprint density at radius 3 is 0.792 bits per heavy atom. The molecule has 0 saturated carbocycles. The first-order chi connectivity index (χ1) is 23.9. The van der Waals surface area contributed by atoms with E-state index in [1.165, 1.54) is 262 Å². The van der Waals surface area contributed by atoms with Crippen LogP contribution in [0, 0.1) is 0 Å². The fourth-order valence-electron chi connectivity index (χ4n) is 7.71. The van der Waals surface area contributed by atoms with Gasteiger partial charge in [0, 0.05) is 12.4 Å². The van der Waals surface area contributed by atoms with Crippen LogP contribution in [-0.2, 0) is 12.8 Å². The Morgan fingerprint density at radius 1 is 0.292 bits per heavy atom. The van der Waals surface area contributed by atoms with Crippen LogP contribution in [0.2, 0.25) is 0 Å². The molecule has 0 N–H and O–H groups in total. The molecule has 0 radical (unpaired) electrons. The minimum absolute atomic E-state index is 1.24. The Hall–Kier alpha value is -0.850. The van der Waals surface area contributed by atoms with Crippen molar-refractivity contribution in [1.82, 2.24) is 4.98 Å². The zero-order chi connectivity index (χ0) is 34.3. The van der Waals surface area contributed by atoms with Crippen LogP contribution in [-0.4, -0.2) is 4.98 Å². The minimum Gasteiger partial charge on any atom is -0.264 e. The molecule has 0 bridgehead atoms. The highest BCUT2D eigenvalue weighted by atomic mass is 14.6. The highest BCUT2D eigenvalue weighted by molar-refractivity contribution is 5.23. The van der Waals surface area contributed by atoms with Crippen molar-refractivity contribution in [3.05, 3.63) is 29.6 Å². The lowest BCUT2D eigenvalue weighted by molar-refractivity contribution is 0.522. The molecule has 1 aromatic rings. The predicted molar refractivity (Wildman–Crippen MR) is 218 cm³/mol. The Kier molecular flexibility index (Phi) is 36.6. The third-order valence-corrected chi connectivity index (χ3v) is 11.1. The number of hydrogen-bond acceptors (Lipinski definition) is 1. The molecule has 282 valence electrons. The number of nitrogens with zero attached hydrogens (tertiary/aromatic N) is 1. The number of unbranched alkanes of at least 4 members (excludes halogenated alkanes) is 36. The summed E-state index contributed by atoms with van der Waals surface area (Å²) in [7, 11) is 0. The molecule has 0 aromatic carbocycles. The first-order valence-electron chi connectivity index (χ1n) is 22.8. The number of aromatic nitrogens is 1. The summed E-state index contributed by atoms with van der Waals surface area (Å²) < 4.78 is 0. The Balaban J connectivity index is 1.84. The van der Waals surface area contributed by atoms with Gasteiger partial charge in [0.1, 0.15) is 0 Å². The van der Waals surface area contributed by atoms with Gasteiger partial charge in [-0.3, -0.25) is 4.98 Å². The summed E-state index contributed by atoms with van der Waals surface area (Å²) in [6, 6.07) is 2.31. The maximum absolute atomic E-state index is 4.48. The molecule has 1 nitrogen and oxygen atoms in total. The lowest BCUT2D eigenvalue weighted by Gasteiger charge is -2.09. The number of pyridine rings is 1. The molecule has 0 atom stereocenters. The van der Waals surface area contributed by atoms with Gasteiger partial charge in [-0.1, -0.05) is 245 Å². The van der Waals surface area contributed by atoms with Gasteiger partial charge in [0.05, 0.1) is 0 Å². The fourth-order valence-corrected chi connectivity index (χ4v) is 7.71. The van der Waals surface area contributed by atoms with Crippen molar-refractivity contribution < 1.29 is 0 Å². The number of rotatable bonds is 40. The molecule has 0 aliphatic carbocycles. The maximum atomic E-state index is 4.48. The molecule has 1 rings (SSSR count). The second kappa shape index (κ2) is 38.9.